The van der Waals surface area contributed by atoms with E-state index in [0.29, 0.717) is 17.2 Å². The van der Waals surface area contributed by atoms with Crippen molar-refractivity contribution in [3.8, 4) is 6.07 Å². The molecule has 0 aromatic heterocycles. The predicted molar refractivity (Wildman–Crippen MR) is 101 cm³/mol. The molecule has 1 fully saturated rings. The van der Waals surface area contributed by atoms with Gasteiger partial charge in [0.05, 0.1) is 23.4 Å². The lowest BCUT2D eigenvalue weighted by atomic mass is 9.91. The van der Waals surface area contributed by atoms with Crippen LogP contribution in [0.15, 0.2) is 53.4 Å². The van der Waals surface area contributed by atoms with Gasteiger partial charge in [-0.3, -0.25) is 4.79 Å². The molecule has 0 heterocycles. The molecule has 5 heteroatoms. The molecule has 0 aliphatic heterocycles. The molecule has 2 aromatic carbocycles. The lowest BCUT2D eigenvalue weighted by molar-refractivity contribution is -0.119. The van der Waals surface area contributed by atoms with Gasteiger partial charge in [-0.05, 0) is 60.7 Å². The summed E-state index contributed by atoms with van der Waals surface area (Å²) < 4.78 is 13.2. The molecule has 26 heavy (non-hydrogen) atoms. The van der Waals surface area contributed by atoms with Crippen molar-refractivity contribution in [2.24, 2.45) is 5.92 Å². The number of halogens is 1. The molecule has 134 valence electrons. The second-order valence-corrected chi connectivity index (χ2v) is 7.61. The number of nitrogens with one attached hydrogen (secondary N) is 1. The lowest BCUT2D eigenvalue weighted by Crippen LogP contribution is -2.33. The number of nitrogens with zero attached hydrogens (tertiary/aromatic N) is 1. The van der Waals surface area contributed by atoms with E-state index in [2.05, 4.69) is 11.4 Å². The van der Waals surface area contributed by atoms with Crippen LogP contribution in [-0.4, -0.2) is 11.7 Å². The van der Waals surface area contributed by atoms with E-state index in [-0.39, 0.29) is 17.8 Å². The smallest absolute Gasteiger partial charge is 0.230 e. The summed E-state index contributed by atoms with van der Waals surface area (Å²) in [5.74, 6) is 0.433. The summed E-state index contributed by atoms with van der Waals surface area (Å²) in [5, 5.41) is 12.0. The highest BCUT2D eigenvalue weighted by Gasteiger charge is 2.27. The van der Waals surface area contributed by atoms with Gasteiger partial charge in [0, 0.05) is 4.90 Å². The van der Waals surface area contributed by atoms with Crippen molar-refractivity contribution >= 4 is 17.7 Å². The largest absolute Gasteiger partial charge is 0.348 e. The monoisotopic (exact) mass is 368 g/mol. The molecule has 0 radical (unpaired) electrons. The van der Waals surface area contributed by atoms with Gasteiger partial charge in [-0.25, -0.2) is 4.39 Å². The van der Waals surface area contributed by atoms with Gasteiger partial charge in [-0.1, -0.05) is 25.0 Å². The Morgan fingerprint density at radius 3 is 2.42 bits per heavy atom. The molecule has 1 N–H and O–H groups in total. The molecule has 0 saturated heterocycles. The van der Waals surface area contributed by atoms with Gasteiger partial charge in [0.15, 0.2) is 0 Å². The van der Waals surface area contributed by atoms with Gasteiger partial charge in [0.25, 0.3) is 0 Å². The third-order valence-corrected chi connectivity index (χ3v) is 5.78. The van der Waals surface area contributed by atoms with E-state index < -0.39 is 0 Å². The predicted octanol–water partition coefficient (Wildman–Crippen LogP) is 4.84. The number of rotatable bonds is 6. The van der Waals surface area contributed by atoms with Crippen molar-refractivity contribution in [3.63, 3.8) is 0 Å². The Bertz CT molecular complexity index is 777. The Hall–Kier alpha value is -2.32. The van der Waals surface area contributed by atoms with Crippen molar-refractivity contribution in [3.05, 3.63) is 65.5 Å². The molecule has 3 rings (SSSR count). The Kier molecular flexibility index (Phi) is 6.30. The molecule has 2 aromatic rings. The third kappa shape index (κ3) is 4.86. The summed E-state index contributed by atoms with van der Waals surface area (Å²) in [7, 11) is 0. The number of carbonyl (C=O) groups excluding carboxylic acids is 1. The zero-order valence-corrected chi connectivity index (χ0v) is 15.3. The second kappa shape index (κ2) is 8.86. The van der Waals surface area contributed by atoms with Gasteiger partial charge >= 0.3 is 0 Å². The maximum absolute atomic E-state index is 13.2. The standard InChI is InChI=1S/C21H21FN2OS/c22-18-9-7-17(8-10-18)21(16-3-1-2-4-16)24-20(25)14-26-19-11-5-15(13-23)6-12-19/h5-12,16,21H,1-4,14H2,(H,24,25). The highest BCUT2D eigenvalue weighted by Crippen LogP contribution is 2.36. The van der Waals surface area contributed by atoms with Gasteiger partial charge in [0.2, 0.25) is 5.91 Å². The quantitative estimate of drug-likeness (QED) is 0.743. The normalized spacial score (nSPS) is 15.4. The number of hydrogen-bond acceptors (Lipinski definition) is 3. The van der Waals surface area contributed by atoms with Crippen LogP contribution in [0, 0.1) is 23.1 Å². The minimum Gasteiger partial charge on any atom is -0.348 e. The van der Waals surface area contributed by atoms with Gasteiger partial charge in [-0.2, -0.15) is 5.26 Å². The van der Waals surface area contributed by atoms with Crippen molar-refractivity contribution in [2.75, 3.05) is 5.75 Å². The summed E-state index contributed by atoms with van der Waals surface area (Å²) in [5.41, 5.74) is 1.58. The van der Waals surface area contributed by atoms with Crippen molar-refractivity contribution in [1.29, 1.82) is 5.26 Å². The highest BCUT2D eigenvalue weighted by atomic mass is 32.2. The summed E-state index contributed by atoms with van der Waals surface area (Å²) in [6.45, 7) is 0. The third-order valence-electron chi connectivity index (χ3n) is 4.77. The molecular weight excluding hydrogens is 347 g/mol. The van der Waals surface area contributed by atoms with Crippen LogP contribution in [0.1, 0.15) is 42.9 Å². The molecular formula is C21H21FN2OS. The van der Waals surface area contributed by atoms with Crippen LogP contribution in [0.2, 0.25) is 0 Å². The zero-order valence-electron chi connectivity index (χ0n) is 14.5. The average Bonchev–Trinajstić information content (AvgIpc) is 3.20. The van der Waals surface area contributed by atoms with Crippen LogP contribution in [0.25, 0.3) is 0 Å². The Morgan fingerprint density at radius 1 is 1.15 bits per heavy atom. The van der Waals surface area contributed by atoms with Crippen LogP contribution >= 0.6 is 11.8 Å². The topological polar surface area (TPSA) is 52.9 Å². The summed E-state index contributed by atoms with van der Waals surface area (Å²) in [6.07, 6.45) is 4.53. The first-order valence-corrected chi connectivity index (χ1v) is 9.82. The van der Waals surface area contributed by atoms with E-state index in [1.54, 1.807) is 24.3 Å². The van der Waals surface area contributed by atoms with Crippen LogP contribution in [0.4, 0.5) is 4.39 Å². The fourth-order valence-corrected chi connectivity index (χ4v) is 4.13. The van der Waals surface area contributed by atoms with Gasteiger partial charge in [-0.15, -0.1) is 11.8 Å². The first-order valence-electron chi connectivity index (χ1n) is 8.83. The molecule has 3 nitrogen and oxygen atoms in total. The SMILES string of the molecule is N#Cc1ccc(SCC(=O)NC(c2ccc(F)cc2)C2CCCC2)cc1. The molecule has 1 amide bonds. The number of hydrogen-bond donors (Lipinski definition) is 1. The van der Waals surface area contributed by atoms with E-state index >= 15 is 0 Å². The molecule has 1 unspecified atom stereocenters. The van der Waals surface area contributed by atoms with Crippen LogP contribution in [0.3, 0.4) is 0 Å². The van der Waals surface area contributed by atoms with E-state index in [9.17, 15) is 9.18 Å². The molecule has 0 bridgehead atoms. The molecule has 1 atom stereocenters. The number of benzene rings is 2. The van der Waals surface area contributed by atoms with Crippen molar-refractivity contribution < 1.29 is 9.18 Å². The van der Waals surface area contributed by atoms with Gasteiger partial charge < -0.3 is 5.32 Å². The van der Waals surface area contributed by atoms with Gasteiger partial charge in [0.1, 0.15) is 5.82 Å². The lowest BCUT2D eigenvalue weighted by Gasteiger charge is -2.25. The summed E-state index contributed by atoms with van der Waals surface area (Å²) in [4.78, 5) is 13.4. The average molecular weight is 368 g/mol. The fourth-order valence-electron chi connectivity index (χ4n) is 3.42. The Balaban J connectivity index is 1.62. The number of carbonyl (C=O) groups is 1. The fraction of sp³-hybridized carbons (Fsp3) is 0.333. The zero-order chi connectivity index (χ0) is 18.4. The molecule has 1 aliphatic carbocycles. The van der Waals surface area contributed by atoms with Crippen molar-refractivity contribution in [1.82, 2.24) is 5.32 Å². The van der Waals surface area contributed by atoms with Crippen LogP contribution < -0.4 is 5.32 Å². The minimum absolute atomic E-state index is 0.0272. The maximum Gasteiger partial charge on any atom is 0.230 e. The number of nitriles is 1. The van der Waals surface area contributed by atoms with Crippen LogP contribution in [-0.2, 0) is 4.79 Å². The summed E-state index contributed by atoms with van der Waals surface area (Å²) in [6, 6.07) is 15.7. The number of amides is 1. The van der Waals surface area contributed by atoms with E-state index in [0.717, 1.165) is 23.3 Å². The molecule has 1 aliphatic rings. The van der Waals surface area contributed by atoms with E-state index in [1.165, 1.54) is 36.7 Å². The highest BCUT2D eigenvalue weighted by molar-refractivity contribution is 8.00. The first-order chi connectivity index (χ1) is 12.7. The molecule has 0 spiro atoms. The Morgan fingerprint density at radius 2 is 1.81 bits per heavy atom. The number of thioether (sulfide) groups is 1. The van der Waals surface area contributed by atoms with Crippen LogP contribution in [0.5, 0.6) is 0 Å². The summed E-state index contributed by atoms with van der Waals surface area (Å²) >= 11 is 1.45. The first kappa shape index (κ1) is 18.5. The minimum atomic E-state index is -0.262. The second-order valence-electron chi connectivity index (χ2n) is 6.57. The Labute approximate surface area is 157 Å². The van der Waals surface area contributed by atoms with E-state index in [4.69, 9.17) is 5.26 Å². The van der Waals surface area contributed by atoms with E-state index in [1.807, 2.05) is 12.1 Å². The maximum atomic E-state index is 13.2. The van der Waals surface area contributed by atoms with Crippen molar-refractivity contribution in [2.45, 2.75) is 36.6 Å². The molecule has 1 saturated carbocycles.